The Bertz CT molecular complexity index is 631. The Labute approximate surface area is 144 Å². The zero-order valence-corrected chi connectivity index (χ0v) is 14.6. The van der Waals surface area contributed by atoms with Crippen LogP contribution < -0.4 is 5.32 Å². The van der Waals surface area contributed by atoms with Crippen molar-refractivity contribution in [1.29, 1.82) is 0 Å². The van der Waals surface area contributed by atoms with Crippen molar-refractivity contribution in [2.24, 2.45) is 0 Å². The van der Waals surface area contributed by atoms with Crippen molar-refractivity contribution >= 4 is 12.1 Å². The molecule has 0 radical (unpaired) electrons. The largest absolute Gasteiger partial charge is 0.466 e. The fourth-order valence-electron chi connectivity index (χ4n) is 2.19. The molecular weight excluding hydrogens is 339 g/mol. The fraction of sp³-hybridized carbons (Fsp3) is 0.529. The molecule has 1 rings (SSSR count). The van der Waals surface area contributed by atoms with Crippen molar-refractivity contribution in [3.63, 3.8) is 0 Å². The Kier molecular flexibility index (Phi) is 6.84. The molecule has 8 heteroatoms. The lowest BCUT2D eigenvalue weighted by atomic mass is 9.87. The lowest BCUT2D eigenvalue weighted by molar-refractivity contribution is -0.145. The number of benzene rings is 1. The molecule has 5 nitrogen and oxygen atoms in total. The minimum absolute atomic E-state index is 0.0132. The molecule has 140 valence electrons. The van der Waals surface area contributed by atoms with Gasteiger partial charge in [0.05, 0.1) is 13.0 Å². The third-order valence-electron chi connectivity index (χ3n) is 3.19. The number of rotatable bonds is 6. The minimum atomic E-state index is -2.15. The minimum Gasteiger partial charge on any atom is -0.466 e. The van der Waals surface area contributed by atoms with Gasteiger partial charge in [-0.2, -0.15) is 0 Å². The lowest BCUT2D eigenvalue weighted by Gasteiger charge is -2.33. The van der Waals surface area contributed by atoms with Crippen LogP contribution in [0.3, 0.4) is 0 Å². The number of hydrogen-bond acceptors (Lipinski definition) is 4. The van der Waals surface area contributed by atoms with E-state index in [4.69, 9.17) is 9.47 Å². The fourth-order valence-corrected chi connectivity index (χ4v) is 2.19. The van der Waals surface area contributed by atoms with Gasteiger partial charge in [-0.05, 0) is 33.8 Å². The summed E-state index contributed by atoms with van der Waals surface area (Å²) >= 11 is 0. The van der Waals surface area contributed by atoms with Crippen molar-refractivity contribution in [1.82, 2.24) is 5.32 Å². The molecule has 25 heavy (non-hydrogen) atoms. The average Bonchev–Trinajstić information content (AvgIpc) is 2.47. The van der Waals surface area contributed by atoms with Crippen molar-refractivity contribution in [3.05, 3.63) is 35.4 Å². The summed E-state index contributed by atoms with van der Waals surface area (Å²) in [5.41, 5.74) is -3.56. The molecule has 0 saturated carbocycles. The van der Waals surface area contributed by atoms with Crippen molar-refractivity contribution < 1.29 is 32.2 Å². The maximum absolute atomic E-state index is 14.2. The SMILES string of the molecule is CCOC(=O)C[C@](CF)(NC(=O)OC(C)(C)C)c1cccc(F)c1F. The van der Waals surface area contributed by atoms with Crippen LogP contribution in [0.25, 0.3) is 0 Å². The predicted molar refractivity (Wildman–Crippen MR) is 84.6 cm³/mol. The van der Waals surface area contributed by atoms with Gasteiger partial charge in [-0.25, -0.2) is 18.0 Å². The third-order valence-corrected chi connectivity index (χ3v) is 3.19. The summed E-state index contributed by atoms with van der Waals surface area (Å²) < 4.78 is 51.5. The smallest absolute Gasteiger partial charge is 0.408 e. The highest BCUT2D eigenvalue weighted by Crippen LogP contribution is 2.30. The van der Waals surface area contributed by atoms with Crippen LogP contribution in [0.1, 0.15) is 39.7 Å². The third kappa shape index (κ3) is 5.65. The normalized spacial score (nSPS) is 13.7. The molecule has 1 N–H and O–H groups in total. The number of carbonyl (C=O) groups excluding carboxylic acids is 2. The van der Waals surface area contributed by atoms with Crippen molar-refractivity contribution in [3.8, 4) is 0 Å². The van der Waals surface area contributed by atoms with Gasteiger partial charge < -0.3 is 14.8 Å². The zero-order chi connectivity index (χ0) is 19.3. The Balaban J connectivity index is 3.30. The monoisotopic (exact) mass is 361 g/mol. The molecule has 0 saturated heterocycles. The number of nitrogens with one attached hydrogen (secondary N) is 1. The van der Waals surface area contributed by atoms with Crippen LogP contribution in [0, 0.1) is 11.6 Å². The highest BCUT2D eigenvalue weighted by Gasteiger charge is 2.41. The van der Waals surface area contributed by atoms with Gasteiger partial charge in [-0.1, -0.05) is 12.1 Å². The second-order valence-electron chi connectivity index (χ2n) is 6.43. The molecular formula is C17H22F3NO4. The van der Waals surface area contributed by atoms with E-state index in [2.05, 4.69) is 5.32 Å². The summed E-state index contributed by atoms with van der Waals surface area (Å²) in [6, 6.07) is 3.09. The predicted octanol–water partition coefficient (Wildman–Crippen LogP) is 3.61. The topological polar surface area (TPSA) is 64.6 Å². The van der Waals surface area contributed by atoms with E-state index in [9.17, 15) is 22.8 Å². The Morgan fingerprint density at radius 2 is 1.84 bits per heavy atom. The van der Waals surface area contributed by atoms with Gasteiger partial charge in [0, 0.05) is 5.56 Å². The summed E-state index contributed by atoms with van der Waals surface area (Å²) in [6.07, 6.45) is -1.80. The summed E-state index contributed by atoms with van der Waals surface area (Å²) in [5, 5.41) is 2.17. The maximum Gasteiger partial charge on any atom is 0.408 e. The number of alkyl carbamates (subject to hydrolysis) is 1. The van der Waals surface area contributed by atoms with E-state index in [0.29, 0.717) is 0 Å². The van der Waals surface area contributed by atoms with E-state index in [-0.39, 0.29) is 6.61 Å². The van der Waals surface area contributed by atoms with E-state index in [1.165, 1.54) is 0 Å². The van der Waals surface area contributed by atoms with Crippen molar-refractivity contribution in [2.75, 3.05) is 13.3 Å². The van der Waals surface area contributed by atoms with E-state index in [0.717, 1.165) is 18.2 Å². The zero-order valence-electron chi connectivity index (χ0n) is 14.6. The average molecular weight is 361 g/mol. The van der Waals surface area contributed by atoms with Gasteiger partial charge in [-0.3, -0.25) is 4.79 Å². The van der Waals surface area contributed by atoms with E-state index in [1.807, 2.05) is 0 Å². The first-order valence-electron chi connectivity index (χ1n) is 7.72. The first-order chi connectivity index (χ1) is 11.5. The van der Waals surface area contributed by atoms with Gasteiger partial charge >= 0.3 is 12.1 Å². The van der Waals surface area contributed by atoms with Crippen LogP contribution in [0.2, 0.25) is 0 Å². The molecule has 0 spiro atoms. The lowest BCUT2D eigenvalue weighted by Crippen LogP contribution is -2.51. The molecule has 0 heterocycles. The van der Waals surface area contributed by atoms with E-state index in [1.54, 1.807) is 27.7 Å². The summed E-state index contributed by atoms with van der Waals surface area (Å²) in [6.45, 7) is 4.93. The molecule has 0 aliphatic heterocycles. The number of amides is 1. The number of carbonyl (C=O) groups is 2. The second kappa shape index (κ2) is 8.22. The number of halogens is 3. The van der Waals surface area contributed by atoms with Gasteiger partial charge in [-0.15, -0.1) is 0 Å². The molecule has 0 unspecified atom stereocenters. The van der Waals surface area contributed by atoms with Crippen LogP contribution in [0.15, 0.2) is 18.2 Å². The molecule has 0 aromatic heterocycles. The van der Waals surface area contributed by atoms with Crippen LogP contribution in [0.4, 0.5) is 18.0 Å². The molecule has 1 atom stereocenters. The second-order valence-corrected chi connectivity index (χ2v) is 6.43. The van der Waals surface area contributed by atoms with Crippen LogP contribution in [-0.2, 0) is 19.8 Å². The first kappa shape index (κ1) is 20.8. The summed E-state index contributed by atoms with van der Waals surface area (Å²) in [5.74, 6) is -3.47. The van der Waals surface area contributed by atoms with Gasteiger partial charge in [0.2, 0.25) is 0 Å². The van der Waals surface area contributed by atoms with Gasteiger partial charge in [0.1, 0.15) is 17.8 Å². The van der Waals surface area contributed by atoms with Crippen molar-refractivity contribution in [2.45, 2.75) is 45.3 Å². The Morgan fingerprint density at radius 1 is 1.20 bits per heavy atom. The molecule has 1 aromatic carbocycles. The van der Waals surface area contributed by atoms with Gasteiger partial charge in [0.25, 0.3) is 0 Å². The number of alkyl halides is 1. The highest BCUT2D eigenvalue weighted by atomic mass is 19.2. The molecule has 0 fully saturated rings. The number of hydrogen-bond donors (Lipinski definition) is 1. The van der Waals surface area contributed by atoms with Crippen LogP contribution in [0.5, 0.6) is 0 Å². The quantitative estimate of drug-likeness (QED) is 0.786. The van der Waals surface area contributed by atoms with Crippen LogP contribution in [-0.4, -0.2) is 30.9 Å². The Morgan fingerprint density at radius 3 is 2.36 bits per heavy atom. The standard InChI is InChI=1S/C17H22F3NO4/c1-5-24-13(22)9-17(10-18,21-15(23)25-16(2,3)4)11-7-6-8-12(19)14(11)20/h6-8H,5,9-10H2,1-4H3,(H,21,23)/t17-/m1/s1. The summed E-state index contributed by atoms with van der Waals surface area (Å²) in [7, 11) is 0. The molecule has 0 aliphatic rings. The number of esters is 1. The van der Waals surface area contributed by atoms with Crippen LogP contribution >= 0.6 is 0 Å². The Hall–Kier alpha value is -2.25. The van der Waals surface area contributed by atoms with E-state index >= 15 is 0 Å². The first-order valence-corrected chi connectivity index (χ1v) is 7.72. The molecule has 0 aliphatic carbocycles. The molecule has 1 aromatic rings. The molecule has 1 amide bonds. The summed E-state index contributed by atoms with van der Waals surface area (Å²) in [4.78, 5) is 23.9. The molecule has 0 bridgehead atoms. The van der Waals surface area contributed by atoms with Gasteiger partial charge in [0.15, 0.2) is 11.6 Å². The number of ether oxygens (including phenoxy) is 2. The van der Waals surface area contributed by atoms with E-state index < -0.39 is 53.5 Å². The maximum atomic E-state index is 14.2. The highest BCUT2D eigenvalue weighted by molar-refractivity contribution is 5.75.